The van der Waals surface area contributed by atoms with Crippen LogP contribution in [0.5, 0.6) is 0 Å². The number of nitrogens with one attached hydrogen (secondary N) is 1. The molecule has 0 radical (unpaired) electrons. The van der Waals surface area contributed by atoms with Crippen LogP contribution >= 0.6 is 0 Å². The molecule has 1 aromatic carbocycles. The molecule has 0 spiro atoms. The van der Waals surface area contributed by atoms with Crippen molar-refractivity contribution < 1.29 is 4.42 Å². The number of aromatic nitrogens is 4. The normalized spacial score (nSPS) is 13.3. The molecule has 0 amide bonds. The topological polar surface area (TPSA) is 80.0 Å². The number of furan rings is 1. The summed E-state index contributed by atoms with van der Waals surface area (Å²) in [7, 11) is 0. The Labute approximate surface area is 172 Å². The van der Waals surface area contributed by atoms with E-state index in [-0.39, 0.29) is 0 Å². The Morgan fingerprint density at radius 1 is 0.933 bits per heavy atom. The largest absolute Gasteiger partial charge is 0.472 e. The van der Waals surface area contributed by atoms with Crippen LogP contribution < -0.4 is 0 Å². The van der Waals surface area contributed by atoms with E-state index < -0.39 is 0 Å². The van der Waals surface area contributed by atoms with Crippen molar-refractivity contribution in [2.45, 2.75) is 6.42 Å². The summed E-state index contributed by atoms with van der Waals surface area (Å²) in [5.41, 5.74) is 9.38. The number of H-pyrrole nitrogens is 1. The number of nitrogens with zero attached hydrogens (tertiary/aromatic N) is 4. The Morgan fingerprint density at radius 2 is 1.87 bits per heavy atom. The molecule has 1 aliphatic rings. The van der Waals surface area contributed by atoms with Gasteiger partial charge in [-0.15, -0.1) is 0 Å². The van der Waals surface area contributed by atoms with Gasteiger partial charge in [0.15, 0.2) is 0 Å². The molecule has 144 valence electrons. The maximum atomic E-state index is 5.26. The summed E-state index contributed by atoms with van der Waals surface area (Å²) in [6, 6.07) is 12.6. The Bertz CT molecular complexity index is 1380. The predicted molar refractivity (Wildman–Crippen MR) is 115 cm³/mol. The highest BCUT2D eigenvalue weighted by atomic mass is 16.3. The highest BCUT2D eigenvalue weighted by Gasteiger charge is 2.20. The Hall–Kier alpha value is -4.06. The van der Waals surface area contributed by atoms with Gasteiger partial charge in [-0.3, -0.25) is 9.98 Å². The summed E-state index contributed by atoms with van der Waals surface area (Å²) in [6.45, 7) is 0.776. The van der Waals surface area contributed by atoms with Crippen LogP contribution in [0.2, 0.25) is 0 Å². The number of hydrogen-bond donors (Lipinski definition) is 1. The van der Waals surface area contributed by atoms with Crippen LogP contribution in [0.4, 0.5) is 0 Å². The fourth-order valence-corrected chi connectivity index (χ4v) is 4.06. The summed E-state index contributed by atoms with van der Waals surface area (Å²) >= 11 is 0. The maximum absolute atomic E-state index is 5.26. The van der Waals surface area contributed by atoms with Gasteiger partial charge in [-0.2, -0.15) is 0 Å². The molecule has 6 heteroatoms. The van der Waals surface area contributed by atoms with Gasteiger partial charge in [0, 0.05) is 52.7 Å². The van der Waals surface area contributed by atoms with E-state index in [4.69, 9.17) is 9.41 Å². The second-order valence-corrected chi connectivity index (χ2v) is 7.30. The molecular formula is C24H17N5O. The minimum absolute atomic E-state index is 0.776. The SMILES string of the molecule is c1ncc(-c2ccc3c(c2)C(c2cc4c(-c5ccoc5)nccc4[nH]2)=NCC3)cn1. The van der Waals surface area contributed by atoms with Crippen LogP contribution in [0.25, 0.3) is 33.3 Å². The molecule has 0 atom stereocenters. The summed E-state index contributed by atoms with van der Waals surface area (Å²) in [4.78, 5) is 21.3. The van der Waals surface area contributed by atoms with Gasteiger partial charge in [0.25, 0.3) is 0 Å². The third-order valence-electron chi connectivity index (χ3n) is 5.51. The summed E-state index contributed by atoms with van der Waals surface area (Å²) in [5, 5.41) is 1.05. The molecule has 6 rings (SSSR count). The van der Waals surface area contributed by atoms with Gasteiger partial charge < -0.3 is 9.40 Å². The highest BCUT2D eigenvalue weighted by Crippen LogP contribution is 2.31. The first kappa shape index (κ1) is 16.9. The molecule has 0 bridgehead atoms. The van der Waals surface area contributed by atoms with Crippen molar-refractivity contribution in [1.82, 2.24) is 19.9 Å². The van der Waals surface area contributed by atoms with Crippen molar-refractivity contribution in [3.05, 3.63) is 90.7 Å². The van der Waals surface area contributed by atoms with E-state index in [0.29, 0.717) is 0 Å². The number of aliphatic imine (C=N–C) groups is 1. The number of fused-ring (bicyclic) bond motifs is 2. The molecule has 30 heavy (non-hydrogen) atoms. The van der Waals surface area contributed by atoms with E-state index in [1.54, 1.807) is 18.9 Å². The fraction of sp³-hybridized carbons (Fsp3) is 0.0833. The lowest BCUT2D eigenvalue weighted by Crippen LogP contribution is -2.14. The fourth-order valence-electron chi connectivity index (χ4n) is 4.06. The predicted octanol–water partition coefficient (Wildman–Crippen LogP) is 4.67. The van der Waals surface area contributed by atoms with Crippen LogP contribution in [-0.2, 0) is 6.42 Å². The third-order valence-corrected chi connectivity index (χ3v) is 5.51. The van der Waals surface area contributed by atoms with Crippen molar-refractivity contribution in [1.29, 1.82) is 0 Å². The third kappa shape index (κ3) is 2.73. The summed E-state index contributed by atoms with van der Waals surface area (Å²) in [5.74, 6) is 0. The number of rotatable bonds is 3. The van der Waals surface area contributed by atoms with Crippen LogP contribution in [0.3, 0.4) is 0 Å². The number of hydrogen-bond acceptors (Lipinski definition) is 5. The second-order valence-electron chi connectivity index (χ2n) is 7.30. The van der Waals surface area contributed by atoms with Crippen LogP contribution in [0, 0.1) is 0 Å². The Balaban J connectivity index is 1.49. The lowest BCUT2D eigenvalue weighted by atomic mass is 9.92. The van der Waals surface area contributed by atoms with Gasteiger partial charge in [0.1, 0.15) is 6.33 Å². The lowest BCUT2D eigenvalue weighted by Gasteiger charge is -2.17. The van der Waals surface area contributed by atoms with Gasteiger partial charge in [-0.25, -0.2) is 9.97 Å². The van der Waals surface area contributed by atoms with Crippen LogP contribution in [0.1, 0.15) is 16.8 Å². The van der Waals surface area contributed by atoms with Crippen LogP contribution in [0.15, 0.2) is 83.3 Å². The first-order chi connectivity index (χ1) is 14.9. The van der Waals surface area contributed by atoms with E-state index in [2.05, 4.69) is 44.2 Å². The second kappa shape index (κ2) is 6.77. The Morgan fingerprint density at radius 3 is 2.73 bits per heavy atom. The molecule has 1 N–H and O–H groups in total. The molecule has 0 saturated carbocycles. The van der Waals surface area contributed by atoms with Gasteiger partial charge in [-0.1, -0.05) is 12.1 Å². The molecule has 5 aromatic rings. The molecule has 1 aliphatic heterocycles. The summed E-state index contributed by atoms with van der Waals surface area (Å²) < 4.78 is 5.26. The average Bonchev–Trinajstić information content (AvgIpc) is 3.49. The average molecular weight is 391 g/mol. The maximum Gasteiger partial charge on any atom is 0.115 e. The van der Waals surface area contributed by atoms with E-state index in [0.717, 1.165) is 63.2 Å². The molecular weight excluding hydrogens is 374 g/mol. The van der Waals surface area contributed by atoms with Crippen molar-refractivity contribution >= 4 is 16.6 Å². The minimum Gasteiger partial charge on any atom is -0.472 e. The zero-order chi connectivity index (χ0) is 19.9. The monoisotopic (exact) mass is 391 g/mol. The van der Waals surface area contributed by atoms with E-state index in [1.807, 2.05) is 30.7 Å². The van der Waals surface area contributed by atoms with Gasteiger partial charge in [-0.05, 0) is 41.8 Å². The first-order valence-corrected chi connectivity index (χ1v) is 9.80. The lowest BCUT2D eigenvalue weighted by molar-refractivity contribution is 0.568. The van der Waals surface area contributed by atoms with Gasteiger partial charge in [0.05, 0.1) is 29.6 Å². The zero-order valence-corrected chi connectivity index (χ0v) is 16.0. The van der Waals surface area contributed by atoms with Crippen LogP contribution in [-0.4, -0.2) is 32.2 Å². The molecule has 0 saturated heterocycles. The number of aromatic amines is 1. The first-order valence-electron chi connectivity index (χ1n) is 9.80. The molecule has 0 aliphatic carbocycles. The zero-order valence-electron chi connectivity index (χ0n) is 16.0. The molecule has 5 heterocycles. The van der Waals surface area contributed by atoms with Crippen molar-refractivity contribution in [2.24, 2.45) is 4.99 Å². The quantitative estimate of drug-likeness (QED) is 0.484. The van der Waals surface area contributed by atoms with Crippen molar-refractivity contribution in [3.63, 3.8) is 0 Å². The molecule has 0 fully saturated rings. The number of benzene rings is 1. The van der Waals surface area contributed by atoms with Gasteiger partial charge in [0.2, 0.25) is 0 Å². The molecule has 4 aromatic heterocycles. The van der Waals surface area contributed by atoms with Gasteiger partial charge >= 0.3 is 0 Å². The molecule has 6 nitrogen and oxygen atoms in total. The minimum atomic E-state index is 0.776. The summed E-state index contributed by atoms with van der Waals surface area (Å²) in [6.07, 6.45) is 11.3. The smallest absolute Gasteiger partial charge is 0.115 e. The van der Waals surface area contributed by atoms with E-state index in [1.165, 1.54) is 5.56 Å². The standard InChI is InChI=1S/C24H17N5O/c1-2-16(18-11-25-14-26-12-18)9-19-15(1)3-6-28-24(19)22-10-20-21(29-22)4-7-27-23(20)17-5-8-30-13-17/h1-2,4-5,7-14,29H,3,6H2. The van der Waals surface area contributed by atoms with Crippen molar-refractivity contribution in [2.75, 3.05) is 6.54 Å². The van der Waals surface area contributed by atoms with E-state index in [9.17, 15) is 0 Å². The number of pyridine rings is 1. The Kier molecular flexibility index (Phi) is 3.81. The molecule has 0 unspecified atom stereocenters. The highest BCUT2D eigenvalue weighted by molar-refractivity contribution is 6.16. The van der Waals surface area contributed by atoms with Crippen molar-refractivity contribution in [3.8, 4) is 22.4 Å². The van der Waals surface area contributed by atoms with E-state index >= 15 is 0 Å².